The van der Waals surface area contributed by atoms with Crippen molar-refractivity contribution in [3.63, 3.8) is 0 Å². The molecule has 0 radical (unpaired) electrons. The minimum atomic E-state index is -0.900. The minimum Gasteiger partial charge on any atom is -0.302 e. The zero-order chi connectivity index (χ0) is 21.6. The lowest BCUT2D eigenvalue weighted by molar-refractivity contribution is -0.155. The number of carbonyl (C=O) groups excluding carboxylic acids is 2. The molecule has 2 saturated heterocycles. The lowest BCUT2D eigenvalue weighted by Crippen LogP contribution is -2.56. The van der Waals surface area contributed by atoms with Crippen molar-refractivity contribution >= 4 is 40.6 Å². The quantitative estimate of drug-likeness (QED) is 0.640. The lowest BCUT2D eigenvalue weighted by atomic mass is 9.78. The van der Waals surface area contributed by atoms with Gasteiger partial charge in [-0.05, 0) is 79.8 Å². The Hall–Kier alpha value is -1.92. The van der Waals surface area contributed by atoms with Crippen LogP contribution in [0.4, 0.5) is 5.69 Å². The summed E-state index contributed by atoms with van der Waals surface area (Å²) >= 11 is 12.3. The molecule has 1 atom stereocenters. The van der Waals surface area contributed by atoms with Crippen molar-refractivity contribution in [3.05, 3.63) is 63.1 Å². The van der Waals surface area contributed by atoms with E-state index < -0.39 is 11.5 Å². The Bertz CT molecular complexity index is 975. The Balaban J connectivity index is 1.85. The first kappa shape index (κ1) is 21.3. The highest BCUT2D eigenvalue weighted by molar-refractivity contribution is 6.31. The van der Waals surface area contributed by atoms with Crippen LogP contribution >= 0.6 is 23.2 Å². The fourth-order valence-electron chi connectivity index (χ4n) is 4.94. The van der Waals surface area contributed by atoms with Crippen molar-refractivity contribution in [2.45, 2.75) is 38.1 Å². The maximum absolute atomic E-state index is 13.9. The number of nitrogens with zero attached hydrogens (tertiary/aromatic N) is 2. The Morgan fingerprint density at radius 3 is 2.07 bits per heavy atom. The molecule has 4 rings (SSSR count). The average molecular weight is 447 g/mol. The number of hydrogen-bond acceptors (Lipinski definition) is 4. The van der Waals surface area contributed by atoms with Crippen molar-refractivity contribution in [1.29, 1.82) is 0 Å². The summed E-state index contributed by atoms with van der Waals surface area (Å²) in [4.78, 5) is 34.8. The van der Waals surface area contributed by atoms with Gasteiger partial charge in [0.1, 0.15) is 11.5 Å². The van der Waals surface area contributed by atoms with Crippen molar-refractivity contribution in [1.82, 2.24) is 5.06 Å². The molecule has 0 aliphatic carbocycles. The first-order valence-corrected chi connectivity index (χ1v) is 10.7. The van der Waals surface area contributed by atoms with E-state index in [1.165, 1.54) is 0 Å². The number of piperidine rings is 1. The lowest BCUT2D eigenvalue weighted by Gasteiger charge is -2.42. The van der Waals surface area contributed by atoms with Gasteiger partial charge in [0.2, 0.25) is 5.91 Å². The number of hydrogen-bond donors (Lipinski definition) is 0. The van der Waals surface area contributed by atoms with Crippen molar-refractivity contribution in [2.24, 2.45) is 0 Å². The number of carbonyl (C=O) groups is 2. The van der Waals surface area contributed by atoms with E-state index in [1.54, 1.807) is 24.1 Å². The molecule has 1 unspecified atom stereocenters. The second kappa shape index (κ2) is 7.97. The third-order valence-corrected chi connectivity index (χ3v) is 6.83. The Labute approximate surface area is 186 Å². The number of anilines is 1. The first-order chi connectivity index (χ1) is 14.3. The smallest absolute Gasteiger partial charge is 0.243 e. The van der Waals surface area contributed by atoms with Crippen LogP contribution in [0.15, 0.2) is 36.4 Å². The summed E-state index contributed by atoms with van der Waals surface area (Å²) < 4.78 is 0. The van der Waals surface area contributed by atoms with Gasteiger partial charge < -0.3 is 4.84 Å². The topological polar surface area (TPSA) is 49.9 Å². The molecule has 158 valence electrons. The number of halogens is 2. The van der Waals surface area contributed by atoms with E-state index in [4.69, 9.17) is 28.0 Å². The molecule has 2 fully saturated rings. The molecule has 0 bridgehead atoms. The molecule has 2 aliphatic heterocycles. The second-order valence-electron chi connectivity index (χ2n) is 8.04. The van der Waals surface area contributed by atoms with Gasteiger partial charge in [0.15, 0.2) is 5.78 Å². The zero-order valence-corrected chi connectivity index (χ0v) is 18.8. The molecule has 2 aromatic rings. The molecule has 2 heterocycles. The van der Waals surface area contributed by atoms with Gasteiger partial charge >= 0.3 is 0 Å². The van der Waals surface area contributed by atoms with Gasteiger partial charge in [0.05, 0.1) is 7.11 Å². The molecule has 1 spiro atoms. The van der Waals surface area contributed by atoms with E-state index in [0.29, 0.717) is 41.7 Å². The monoisotopic (exact) mass is 446 g/mol. The van der Waals surface area contributed by atoms with Crippen molar-refractivity contribution in [3.8, 4) is 0 Å². The maximum atomic E-state index is 13.9. The number of rotatable bonds is 3. The third-order valence-electron chi connectivity index (χ3n) is 6.36. The van der Waals surface area contributed by atoms with Crippen LogP contribution in [0.25, 0.3) is 0 Å². The van der Waals surface area contributed by atoms with E-state index in [0.717, 1.165) is 16.7 Å². The van der Waals surface area contributed by atoms with Gasteiger partial charge in [0, 0.05) is 28.8 Å². The van der Waals surface area contributed by atoms with Crippen LogP contribution in [0.1, 0.15) is 35.4 Å². The standard InChI is InChI=1S/C23H24Cl2N2O3/c1-14-12-17(25)13-15(2)19(14)20-21(28)23(8-10-26(30-3)11-9-23)27(22(20)29)18-6-4-16(24)5-7-18/h4-7,12-13,20H,8-11H2,1-3H3. The minimum absolute atomic E-state index is 0.0493. The number of hydroxylamine groups is 2. The molecule has 0 saturated carbocycles. The van der Waals surface area contributed by atoms with E-state index >= 15 is 0 Å². The fraction of sp³-hybridized carbons (Fsp3) is 0.391. The molecule has 5 nitrogen and oxygen atoms in total. The number of benzene rings is 2. The largest absolute Gasteiger partial charge is 0.302 e. The molecule has 0 N–H and O–H groups in total. The summed E-state index contributed by atoms with van der Waals surface area (Å²) in [5.41, 5.74) is 2.27. The predicted molar refractivity (Wildman–Crippen MR) is 118 cm³/mol. The van der Waals surface area contributed by atoms with E-state index in [1.807, 2.05) is 43.2 Å². The van der Waals surface area contributed by atoms with E-state index in [2.05, 4.69) is 0 Å². The highest BCUT2D eigenvalue weighted by Gasteiger charge is 2.60. The summed E-state index contributed by atoms with van der Waals surface area (Å²) in [6.45, 7) is 4.95. The van der Waals surface area contributed by atoms with Crippen molar-refractivity contribution in [2.75, 3.05) is 25.1 Å². The number of ketones is 1. The molecule has 1 amide bonds. The zero-order valence-electron chi connectivity index (χ0n) is 17.2. The summed E-state index contributed by atoms with van der Waals surface area (Å²) in [6, 6.07) is 10.7. The van der Waals surface area contributed by atoms with Gasteiger partial charge in [0.25, 0.3) is 0 Å². The molecular weight excluding hydrogens is 423 g/mol. The van der Waals surface area contributed by atoms with Crippen LogP contribution in [0.5, 0.6) is 0 Å². The molecule has 7 heteroatoms. The molecule has 2 aliphatic rings. The highest BCUT2D eigenvalue weighted by atomic mass is 35.5. The van der Waals surface area contributed by atoms with Crippen LogP contribution in [-0.4, -0.2) is 42.5 Å². The third kappa shape index (κ3) is 3.34. The van der Waals surface area contributed by atoms with E-state index in [9.17, 15) is 9.59 Å². The van der Waals surface area contributed by atoms with E-state index in [-0.39, 0.29) is 11.7 Å². The van der Waals surface area contributed by atoms with Gasteiger partial charge in [-0.15, -0.1) is 0 Å². The Morgan fingerprint density at radius 2 is 1.53 bits per heavy atom. The fourth-order valence-corrected chi connectivity index (χ4v) is 5.39. The molecule has 30 heavy (non-hydrogen) atoms. The number of aryl methyl sites for hydroxylation is 2. The first-order valence-electron chi connectivity index (χ1n) is 9.98. The van der Waals surface area contributed by atoms with Gasteiger partial charge in [-0.3, -0.25) is 14.5 Å². The average Bonchev–Trinajstić information content (AvgIpc) is 2.90. The molecule has 0 aromatic heterocycles. The van der Waals surface area contributed by atoms with Gasteiger partial charge in [-0.1, -0.05) is 23.2 Å². The van der Waals surface area contributed by atoms with Crippen LogP contribution in [0.3, 0.4) is 0 Å². The van der Waals surface area contributed by atoms with Crippen LogP contribution < -0.4 is 4.90 Å². The molecular formula is C23H24Cl2N2O3. The molecule has 2 aromatic carbocycles. The summed E-state index contributed by atoms with van der Waals surface area (Å²) in [6.07, 6.45) is 1.02. The summed E-state index contributed by atoms with van der Waals surface area (Å²) in [5, 5.41) is 3.01. The summed E-state index contributed by atoms with van der Waals surface area (Å²) in [7, 11) is 1.62. The highest BCUT2D eigenvalue weighted by Crippen LogP contribution is 2.47. The summed E-state index contributed by atoms with van der Waals surface area (Å²) in [5.74, 6) is -1.08. The maximum Gasteiger partial charge on any atom is 0.243 e. The predicted octanol–water partition coefficient (Wildman–Crippen LogP) is 4.71. The van der Waals surface area contributed by atoms with Crippen molar-refractivity contribution < 1.29 is 14.4 Å². The van der Waals surface area contributed by atoms with Crippen LogP contribution in [0, 0.1) is 13.8 Å². The Kier molecular flexibility index (Phi) is 5.66. The number of amides is 1. The van der Waals surface area contributed by atoms with Crippen LogP contribution in [0.2, 0.25) is 10.0 Å². The normalized spacial score (nSPS) is 21.6. The van der Waals surface area contributed by atoms with Gasteiger partial charge in [-0.2, -0.15) is 5.06 Å². The van der Waals surface area contributed by atoms with Gasteiger partial charge in [-0.25, -0.2) is 0 Å². The van der Waals surface area contributed by atoms with Crippen LogP contribution in [-0.2, 0) is 14.4 Å². The second-order valence-corrected chi connectivity index (χ2v) is 8.92. The SMILES string of the molecule is CON1CCC2(CC1)C(=O)C(c1c(C)cc(Cl)cc1C)C(=O)N2c1ccc(Cl)cc1. The number of Topliss-reactive ketones (excluding diaryl/α,β-unsaturated/α-hetero) is 1. The Morgan fingerprint density at radius 1 is 0.967 bits per heavy atom.